The minimum atomic E-state index is 0.360. The van der Waals surface area contributed by atoms with Gasteiger partial charge in [-0.3, -0.25) is 15.5 Å². The van der Waals surface area contributed by atoms with Gasteiger partial charge >= 0.3 is 0 Å². The first-order valence-electron chi connectivity index (χ1n) is 4.30. The van der Waals surface area contributed by atoms with E-state index in [1.807, 2.05) is 28.8 Å². The van der Waals surface area contributed by atoms with Crippen molar-refractivity contribution >= 4 is 38.5 Å². The number of amidine groups is 1. The number of imidazole rings is 1. The van der Waals surface area contributed by atoms with Crippen LogP contribution in [0.4, 0.5) is 0 Å². The molecule has 0 unspecified atom stereocenters. The Kier molecular flexibility index (Phi) is 2.97. The molecule has 2 aromatic heterocycles. The van der Waals surface area contributed by atoms with E-state index in [2.05, 4.69) is 20.9 Å². The van der Waals surface area contributed by atoms with Crippen molar-refractivity contribution in [3.05, 3.63) is 34.7 Å². The first kappa shape index (κ1) is 10.5. The van der Waals surface area contributed by atoms with Crippen LogP contribution in [0.25, 0.3) is 5.65 Å². The zero-order valence-corrected chi connectivity index (χ0v) is 10.3. The average Bonchev–Trinajstić information content (AvgIpc) is 2.54. The maximum absolute atomic E-state index is 5.39. The minimum absolute atomic E-state index is 0.360. The second kappa shape index (κ2) is 4.24. The van der Waals surface area contributed by atoms with E-state index in [0.29, 0.717) is 10.9 Å². The minimum Gasteiger partial charge on any atom is -0.294 e. The van der Waals surface area contributed by atoms with Crippen molar-refractivity contribution in [2.45, 2.75) is 5.75 Å². The van der Waals surface area contributed by atoms with Gasteiger partial charge in [-0.2, -0.15) is 0 Å². The summed E-state index contributed by atoms with van der Waals surface area (Å²) < 4.78 is 2.93. The first-order chi connectivity index (χ1) is 7.18. The predicted octanol–water partition coefficient (Wildman–Crippen LogP) is 0.404. The Bertz CT molecular complexity index is 508. The van der Waals surface area contributed by atoms with Crippen molar-refractivity contribution in [3.8, 4) is 0 Å². The molecule has 0 saturated carbocycles. The molecule has 0 aromatic carbocycles. The fourth-order valence-corrected chi connectivity index (χ4v) is 2.48. The highest BCUT2D eigenvalue weighted by atomic mass is 79.9. The quantitative estimate of drug-likeness (QED) is 0.620. The first-order valence-corrected chi connectivity index (χ1v) is 6.08. The van der Waals surface area contributed by atoms with Gasteiger partial charge in [0.25, 0.3) is 5.17 Å². The van der Waals surface area contributed by atoms with Gasteiger partial charge in [0.05, 0.1) is 11.4 Å². The van der Waals surface area contributed by atoms with Gasteiger partial charge in [0, 0.05) is 6.20 Å². The molecule has 6 heteroatoms. The highest BCUT2D eigenvalue weighted by Crippen LogP contribution is 2.22. The standard InChI is InChI=1S/C9H9BrN4S/c10-8-6(5-15-9(11)12)13-7-3-1-2-4-14(7)8/h1-4H,5H2,(H3,11,12)/p+1. The molecule has 4 nitrogen and oxygen atoms in total. The van der Waals surface area contributed by atoms with Crippen molar-refractivity contribution < 1.29 is 5.41 Å². The molecule has 0 atom stereocenters. The number of hydrogen-bond acceptors (Lipinski definition) is 2. The lowest BCUT2D eigenvalue weighted by molar-refractivity contribution is -0.110. The van der Waals surface area contributed by atoms with Crippen LogP contribution in [0.3, 0.4) is 0 Å². The molecule has 0 bridgehead atoms. The predicted molar refractivity (Wildman–Crippen MR) is 65.3 cm³/mol. The maximum Gasteiger partial charge on any atom is 0.300 e. The molecule has 0 aliphatic heterocycles. The van der Waals surface area contributed by atoms with E-state index in [1.165, 1.54) is 11.8 Å². The Hall–Kier alpha value is -1.01. The van der Waals surface area contributed by atoms with E-state index in [4.69, 9.17) is 11.1 Å². The molecule has 2 rings (SSSR count). The Balaban J connectivity index is 2.36. The molecule has 0 aliphatic carbocycles. The third-order valence-corrected chi connectivity index (χ3v) is 3.50. The third kappa shape index (κ3) is 2.15. The summed E-state index contributed by atoms with van der Waals surface area (Å²) in [5.74, 6) is 0.671. The lowest BCUT2D eigenvalue weighted by Gasteiger charge is -1.94. The van der Waals surface area contributed by atoms with Crippen molar-refractivity contribution in [1.29, 1.82) is 0 Å². The monoisotopic (exact) mass is 285 g/mol. The van der Waals surface area contributed by atoms with Gasteiger partial charge in [-0.25, -0.2) is 4.98 Å². The molecule has 0 aliphatic rings. The molecule has 0 amide bonds. The van der Waals surface area contributed by atoms with E-state index >= 15 is 0 Å². The fraction of sp³-hybridized carbons (Fsp3) is 0.111. The summed E-state index contributed by atoms with van der Waals surface area (Å²) in [5.41, 5.74) is 7.25. The summed E-state index contributed by atoms with van der Waals surface area (Å²) in [4.78, 5) is 4.46. The Labute approximate surface area is 99.5 Å². The second-order valence-electron chi connectivity index (χ2n) is 2.97. The molecule has 0 saturated heterocycles. The zero-order chi connectivity index (χ0) is 10.8. The van der Waals surface area contributed by atoms with Gasteiger partial charge in [-0.1, -0.05) is 6.07 Å². The van der Waals surface area contributed by atoms with Crippen LogP contribution in [0, 0.1) is 0 Å². The summed E-state index contributed by atoms with van der Waals surface area (Å²) in [6.45, 7) is 0. The number of thioether (sulfide) groups is 1. The summed E-state index contributed by atoms with van der Waals surface area (Å²) in [7, 11) is 0. The van der Waals surface area contributed by atoms with Crippen LogP contribution in [0.5, 0.6) is 0 Å². The topological polar surface area (TPSA) is 68.9 Å². The van der Waals surface area contributed by atoms with E-state index in [9.17, 15) is 0 Å². The number of fused-ring (bicyclic) bond motifs is 1. The Morgan fingerprint density at radius 3 is 3.07 bits per heavy atom. The van der Waals surface area contributed by atoms with E-state index in [0.717, 1.165) is 15.9 Å². The number of aromatic nitrogens is 2. The van der Waals surface area contributed by atoms with E-state index in [1.54, 1.807) is 0 Å². The molecule has 2 aromatic rings. The van der Waals surface area contributed by atoms with Crippen LogP contribution in [-0.2, 0) is 5.75 Å². The average molecular weight is 286 g/mol. The van der Waals surface area contributed by atoms with Crippen LogP contribution >= 0.6 is 27.7 Å². The van der Waals surface area contributed by atoms with Gasteiger partial charge in [0.1, 0.15) is 10.3 Å². The third-order valence-electron chi connectivity index (χ3n) is 1.91. The molecule has 2 heterocycles. The number of hydrogen-bond donors (Lipinski definition) is 2. The molecule has 78 valence electrons. The van der Waals surface area contributed by atoms with Crippen LogP contribution in [0.2, 0.25) is 0 Å². The smallest absolute Gasteiger partial charge is 0.294 e. The van der Waals surface area contributed by atoms with Crippen LogP contribution < -0.4 is 11.1 Å². The summed E-state index contributed by atoms with van der Waals surface area (Å²) >= 11 is 4.88. The van der Waals surface area contributed by atoms with Crippen LogP contribution in [0.15, 0.2) is 29.0 Å². The van der Waals surface area contributed by atoms with Gasteiger partial charge in [-0.05, 0) is 39.8 Å². The summed E-state index contributed by atoms with van der Waals surface area (Å²) in [5, 5.41) is 5.75. The highest BCUT2D eigenvalue weighted by molar-refractivity contribution is 9.10. The number of nitrogens with two attached hydrogens (primary N) is 2. The van der Waals surface area contributed by atoms with Gasteiger partial charge in [-0.15, -0.1) is 0 Å². The second-order valence-corrected chi connectivity index (χ2v) is 4.77. The van der Waals surface area contributed by atoms with Gasteiger partial charge in [0.2, 0.25) is 0 Å². The molecule has 0 spiro atoms. The normalized spacial score (nSPS) is 10.7. The molecule has 4 N–H and O–H groups in total. The highest BCUT2D eigenvalue weighted by Gasteiger charge is 2.10. The van der Waals surface area contributed by atoms with Crippen molar-refractivity contribution in [2.24, 2.45) is 5.73 Å². The molecule has 15 heavy (non-hydrogen) atoms. The molecular formula is C9H10BrN4S+. The Morgan fingerprint density at radius 2 is 2.40 bits per heavy atom. The molecule has 0 fully saturated rings. The molecule has 0 radical (unpaired) electrons. The number of nitrogens with zero attached hydrogens (tertiary/aromatic N) is 2. The SMILES string of the molecule is NC(=[NH2+])SCc1nc2ccccn2c1Br. The number of halogens is 1. The largest absolute Gasteiger partial charge is 0.300 e. The zero-order valence-electron chi connectivity index (χ0n) is 7.85. The van der Waals surface area contributed by atoms with E-state index in [-0.39, 0.29) is 0 Å². The van der Waals surface area contributed by atoms with E-state index < -0.39 is 0 Å². The Morgan fingerprint density at radius 1 is 1.60 bits per heavy atom. The summed E-state index contributed by atoms with van der Waals surface area (Å²) in [6.07, 6.45) is 1.95. The lowest BCUT2D eigenvalue weighted by Crippen LogP contribution is -2.43. The molecular weight excluding hydrogens is 276 g/mol. The van der Waals surface area contributed by atoms with Crippen molar-refractivity contribution in [2.75, 3.05) is 0 Å². The van der Waals surface area contributed by atoms with Crippen LogP contribution in [0.1, 0.15) is 5.69 Å². The van der Waals surface area contributed by atoms with Crippen LogP contribution in [-0.4, -0.2) is 14.6 Å². The summed E-state index contributed by atoms with van der Waals surface area (Å²) in [6, 6.07) is 5.86. The van der Waals surface area contributed by atoms with Crippen molar-refractivity contribution in [3.63, 3.8) is 0 Å². The lowest BCUT2D eigenvalue weighted by atomic mass is 10.5. The number of pyridine rings is 1. The maximum atomic E-state index is 5.39. The van der Waals surface area contributed by atoms with Crippen molar-refractivity contribution in [1.82, 2.24) is 9.38 Å². The van der Waals surface area contributed by atoms with Gasteiger partial charge < -0.3 is 0 Å². The number of rotatable bonds is 2. The van der Waals surface area contributed by atoms with Gasteiger partial charge in [0.15, 0.2) is 0 Å². The fourth-order valence-electron chi connectivity index (χ4n) is 1.26.